The lowest BCUT2D eigenvalue weighted by Gasteiger charge is -2.16. The lowest BCUT2D eigenvalue weighted by atomic mass is 9.91. The molecule has 2 atom stereocenters. The molecule has 0 bridgehead atoms. The van der Waals surface area contributed by atoms with Crippen molar-refractivity contribution in [3.05, 3.63) is 30.4 Å². The van der Waals surface area contributed by atoms with E-state index in [1.807, 2.05) is 12.4 Å². The molecule has 1 aliphatic rings. The Kier molecular flexibility index (Phi) is 2.96. The van der Waals surface area contributed by atoms with E-state index in [0.717, 1.165) is 30.9 Å². The summed E-state index contributed by atoms with van der Waals surface area (Å²) in [5.74, 6) is 1.24. The molecule has 0 radical (unpaired) electrons. The zero-order valence-corrected chi connectivity index (χ0v) is 12.6. The number of nitrogens with zero attached hydrogens (tertiary/aromatic N) is 4. The summed E-state index contributed by atoms with van der Waals surface area (Å²) < 4.78 is 4.48. The first-order chi connectivity index (χ1) is 10.3. The normalized spacial score (nSPS) is 22.6. The van der Waals surface area contributed by atoms with Gasteiger partial charge in [0, 0.05) is 37.1 Å². The van der Waals surface area contributed by atoms with Gasteiger partial charge in [0.2, 0.25) is 0 Å². The third-order valence-electron chi connectivity index (χ3n) is 4.86. The maximum Gasteiger partial charge on any atom is 0.157 e. The molecule has 0 unspecified atom stereocenters. The predicted octanol–water partition coefficient (Wildman–Crippen LogP) is 2.42. The summed E-state index contributed by atoms with van der Waals surface area (Å²) in [5.41, 5.74) is 4.49. The third kappa shape index (κ3) is 1.80. The molecule has 1 N–H and O–H groups in total. The van der Waals surface area contributed by atoms with Crippen molar-refractivity contribution in [3.63, 3.8) is 0 Å². The van der Waals surface area contributed by atoms with Gasteiger partial charge in [0.05, 0.1) is 11.7 Å². The molecule has 0 saturated carbocycles. The van der Waals surface area contributed by atoms with Crippen LogP contribution in [-0.4, -0.2) is 32.0 Å². The molecule has 1 aliphatic heterocycles. The van der Waals surface area contributed by atoms with E-state index in [4.69, 9.17) is 0 Å². The van der Waals surface area contributed by atoms with Crippen LogP contribution in [0.25, 0.3) is 16.8 Å². The SMILES string of the molecule is CC[C@@H]1CNC[C@@H]1c1cnc2cnc3c(ccn3CC)n12. The van der Waals surface area contributed by atoms with Crippen LogP contribution in [0.1, 0.15) is 31.9 Å². The smallest absolute Gasteiger partial charge is 0.157 e. The molecule has 1 saturated heterocycles. The van der Waals surface area contributed by atoms with Gasteiger partial charge in [-0.2, -0.15) is 0 Å². The quantitative estimate of drug-likeness (QED) is 0.803. The number of hydrogen-bond donors (Lipinski definition) is 1. The molecule has 3 aromatic heterocycles. The van der Waals surface area contributed by atoms with Crippen molar-refractivity contribution < 1.29 is 0 Å². The topological polar surface area (TPSA) is 47.2 Å². The van der Waals surface area contributed by atoms with Gasteiger partial charge < -0.3 is 9.88 Å². The Bertz CT molecular complexity index is 785. The molecule has 5 nitrogen and oxygen atoms in total. The molecule has 1 fully saturated rings. The van der Waals surface area contributed by atoms with E-state index in [-0.39, 0.29) is 0 Å². The molecule has 4 rings (SSSR count). The van der Waals surface area contributed by atoms with Gasteiger partial charge in [0.15, 0.2) is 11.3 Å². The molecule has 4 heterocycles. The predicted molar refractivity (Wildman–Crippen MR) is 83.5 cm³/mol. The van der Waals surface area contributed by atoms with E-state index in [9.17, 15) is 0 Å². The van der Waals surface area contributed by atoms with Crippen molar-refractivity contribution >= 4 is 16.8 Å². The maximum absolute atomic E-state index is 4.58. The first kappa shape index (κ1) is 12.8. The van der Waals surface area contributed by atoms with Gasteiger partial charge in [-0.3, -0.25) is 4.40 Å². The molecule has 0 aliphatic carbocycles. The van der Waals surface area contributed by atoms with Crippen LogP contribution in [0.5, 0.6) is 0 Å². The molecule has 21 heavy (non-hydrogen) atoms. The molecule has 0 spiro atoms. The molecule has 5 heteroatoms. The van der Waals surface area contributed by atoms with Gasteiger partial charge in [-0.25, -0.2) is 9.97 Å². The Morgan fingerprint density at radius 1 is 1.24 bits per heavy atom. The van der Waals surface area contributed by atoms with Gasteiger partial charge in [-0.1, -0.05) is 13.3 Å². The fourth-order valence-electron chi connectivity index (χ4n) is 3.64. The van der Waals surface area contributed by atoms with Crippen LogP contribution in [0.2, 0.25) is 0 Å². The fourth-order valence-corrected chi connectivity index (χ4v) is 3.64. The molecular formula is C16H21N5. The summed E-state index contributed by atoms with van der Waals surface area (Å²) in [4.78, 5) is 9.16. The standard InChI is InChI=1S/C16H21N5/c1-3-11-7-17-8-12(11)14-9-18-15-10-19-16-13(21(14)15)5-6-20(16)4-2/h5-6,9-12,17H,3-4,7-8H2,1-2H3/t11-,12+/m1/s1. The van der Waals surface area contributed by atoms with Crippen LogP contribution >= 0.6 is 0 Å². The Morgan fingerprint density at radius 2 is 2.14 bits per heavy atom. The minimum atomic E-state index is 0.542. The first-order valence-electron chi connectivity index (χ1n) is 7.85. The number of nitrogens with one attached hydrogen (secondary N) is 1. The van der Waals surface area contributed by atoms with Crippen molar-refractivity contribution in [1.82, 2.24) is 24.3 Å². The summed E-state index contributed by atoms with van der Waals surface area (Å²) >= 11 is 0. The average Bonchev–Trinajstić information content (AvgIpc) is 3.22. The largest absolute Gasteiger partial charge is 0.331 e. The highest BCUT2D eigenvalue weighted by atomic mass is 15.1. The summed E-state index contributed by atoms with van der Waals surface area (Å²) in [6.45, 7) is 7.52. The minimum Gasteiger partial charge on any atom is -0.331 e. The highest BCUT2D eigenvalue weighted by Crippen LogP contribution is 2.32. The second-order valence-corrected chi connectivity index (χ2v) is 5.88. The van der Waals surface area contributed by atoms with E-state index in [0.29, 0.717) is 11.8 Å². The number of rotatable bonds is 3. The van der Waals surface area contributed by atoms with Gasteiger partial charge in [-0.15, -0.1) is 0 Å². The summed E-state index contributed by atoms with van der Waals surface area (Å²) in [7, 11) is 0. The number of fused-ring (bicyclic) bond motifs is 3. The van der Waals surface area contributed by atoms with E-state index in [2.05, 4.69) is 50.4 Å². The molecule has 0 aromatic carbocycles. The van der Waals surface area contributed by atoms with Crippen molar-refractivity contribution in [2.75, 3.05) is 13.1 Å². The fraction of sp³-hybridized carbons (Fsp3) is 0.500. The number of aromatic nitrogens is 4. The average molecular weight is 283 g/mol. The highest BCUT2D eigenvalue weighted by molar-refractivity contribution is 5.75. The van der Waals surface area contributed by atoms with Crippen LogP contribution in [0.3, 0.4) is 0 Å². The summed E-state index contributed by atoms with van der Waals surface area (Å²) in [6.07, 6.45) is 7.25. The molecule has 3 aromatic rings. The lowest BCUT2D eigenvalue weighted by Crippen LogP contribution is -2.12. The van der Waals surface area contributed by atoms with Crippen LogP contribution in [0.4, 0.5) is 0 Å². The molecule has 110 valence electrons. The van der Waals surface area contributed by atoms with Gasteiger partial charge >= 0.3 is 0 Å². The lowest BCUT2D eigenvalue weighted by molar-refractivity contribution is 0.493. The zero-order chi connectivity index (χ0) is 14.4. The van der Waals surface area contributed by atoms with Crippen LogP contribution < -0.4 is 5.32 Å². The highest BCUT2D eigenvalue weighted by Gasteiger charge is 2.29. The minimum absolute atomic E-state index is 0.542. The van der Waals surface area contributed by atoms with E-state index in [1.54, 1.807) is 0 Å². The zero-order valence-electron chi connectivity index (χ0n) is 12.6. The Morgan fingerprint density at radius 3 is 2.95 bits per heavy atom. The van der Waals surface area contributed by atoms with Crippen molar-refractivity contribution in [2.45, 2.75) is 32.7 Å². The van der Waals surface area contributed by atoms with Crippen LogP contribution in [0, 0.1) is 5.92 Å². The van der Waals surface area contributed by atoms with Crippen molar-refractivity contribution in [3.8, 4) is 0 Å². The first-order valence-corrected chi connectivity index (χ1v) is 7.85. The monoisotopic (exact) mass is 283 g/mol. The third-order valence-corrected chi connectivity index (χ3v) is 4.86. The van der Waals surface area contributed by atoms with Crippen molar-refractivity contribution in [2.24, 2.45) is 5.92 Å². The Labute approximate surface area is 124 Å². The maximum atomic E-state index is 4.58. The van der Waals surface area contributed by atoms with Gasteiger partial charge in [0.1, 0.15) is 0 Å². The van der Waals surface area contributed by atoms with Gasteiger partial charge in [-0.05, 0) is 25.5 Å². The summed E-state index contributed by atoms with van der Waals surface area (Å²) in [6, 6.07) is 2.16. The van der Waals surface area contributed by atoms with Crippen molar-refractivity contribution in [1.29, 1.82) is 0 Å². The van der Waals surface area contributed by atoms with Gasteiger partial charge in [0.25, 0.3) is 0 Å². The Balaban J connectivity index is 1.95. The number of hydrogen-bond acceptors (Lipinski definition) is 3. The van der Waals surface area contributed by atoms with E-state index in [1.165, 1.54) is 17.6 Å². The summed E-state index contributed by atoms with van der Waals surface area (Å²) in [5, 5.41) is 3.53. The van der Waals surface area contributed by atoms with Crippen LogP contribution in [0.15, 0.2) is 24.7 Å². The van der Waals surface area contributed by atoms with E-state index >= 15 is 0 Å². The number of aryl methyl sites for hydroxylation is 1. The number of imidazole rings is 1. The van der Waals surface area contributed by atoms with E-state index < -0.39 is 0 Å². The second kappa shape index (κ2) is 4.84. The second-order valence-electron chi connectivity index (χ2n) is 5.88. The molecular weight excluding hydrogens is 262 g/mol. The van der Waals surface area contributed by atoms with Crippen LogP contribution in [-0.2, 0) is 6.54 Å². The molecule has 0 amide bonds. The Hall–Kier alpha value is -1.88.